The van der Waals surface area contributed by atoms with E-state index >= 15 is 0 Å². The van der Waals surface area contributed by atoms with Gasteiger partial charge in [-0.15, -0.1) is 0 Å². The molecule has 34 heavy (non-hydrogen) atoms. The van der Waals surface area contributed by atoms with E-state index in [1.807, 2.05) is 0 Å². The maximum atomic E-state index is 12.7. The Morgan fingerprint density at radius 1 is 1.15 bits per heavy atom. The summed E-state index contributed by atoms with van der Waals surface area (Å²) in [6, 6.07) is 12.2. The second-order valence-electron chi connectivity index (χ2n) is 7.41. The van der Waals surface area contributed by atoms with Gasteiger partial charge in [-0.3, -0.25) is 20.2 Å². The lowest BCUT2D eigenvalue weighted by Gasteiger charge is -2.07. The number of benzene rings is 2. The van der Waals surface area contributed by atoms with Crippen LogP contribution in [0.5, 0.6) is 5.75 Å². The maximum Gasteiger partial charge on any atom is 0.338 e. The number of anilines is 1. The third-order valence-electron chi connectivity index (χ3n) is 4.68. The fourth-order valence-electron chi connectivity index (χ4n) is 3.15. The number of amides is 1. The molecule has 0 aliphatic rings. The highest BCUT2D eigenvalue weighted by molar-refractivity contribution is 7.22. The minimum Gasteiger partial charge on any atom is -0.497 e. The van der Waals surface area contributed by atoms with Crippen LogP contribution in [0.3, 0.4) is 0 Å². The zero-order valence-corrected chi connectivity index (χ0v) is 19.2. The number of ether oxygens (including phenoxy) is 2. The number of carbonyl (C=O) groups excluding carboxylic acids is 2. The Morgan fingerprint density at radius 3 is 2.65 bits per heavy atom. The van der Waals surface area contributed by atoms with Crippen molar-refractivity contribution in [1.29, 1.82) is 0 Å². The van der Waals surface area contributed by atoms with Crippen LogP contribution in [0.15, 0.2) is 52.9 Å². The number of thiazole rings is 1. The van der Waals surface area contributed by atoms with Crippen LogP contribution in [0.4, 0.5) is 10.8 Å². The summed E-state index contributed by atoms with van der Waals surface area (Å²) >= 11 is 1.19. The van der Waals surface area contributed by atoms with Gasteiger partial charge in [-0.25, -0.2) is 9.78 Å². The number of carbonyl (C=O) groups is 2. The molecule has 174 valence electrons. The summed E-state index contributed by atoms with van der Waals surface area (Å²) in [5.74, 6) is -0.554. The third-order valence-corrected chi connectivity index (χ3v) is 5.62. The monoisotopic (exact) mass is 481 g/mol. The van der Waals surface area contributed by atoms with Gasteiger partial charge in [0.2, 0.25) is 0 Å². The first-order valence-electron chi connectivity index (χ1n) is 10.1. The number of furan rings is 1. The largest absolute Gasteiger partial charge is 0.497 e. The molecule has 0 aliphatic heterocycles. The van der Waals surface area contributed by atoms with Crippen molar-refractivity contribution >= 4 is 44.2 Å². The molecule has 1 amide bonds. The summed E-state index contributed by atoms with van der Waals surface area (Å²) in [5.41, 5.74) is 0.999. The van der Waals surface area contributed by atoms with Crippen molar-refractivity contribution in [2.75, 3.05) is 12.4 Å². The van der Waals surface area contributed by atoms with Gasteiger partial charge in [-0.1, -0.05) is 11.3 Å². The van der Waals surface area contributed by atoms with E-state index in [2.05, 4.69) is 10.3 Å². The van der Waals surface area contributed by atoms with E-state index in [1.165, 1.54) is 42.7 Å². The van der Waals surface area contributed by atoms with Crippen LogP contribution in [0.2, 0.25) is 0 Å². The zero-order valence-electron chi connectivity index (χ0n) is 18.4. The van der Waals surface area contributed by atoms with Crippen LogP contribution in [0.1, 0.15) is 34.8 Å². The lowest BCUT2D eigenvalue weighted by molar-refractivity contribution is -0.384. The van der Waals surface area contributed by atoms with Crippen LogP contribution in [0.25, 0.3) is 21.5 Å². The van der Waals surface area contributed by atoms with Crippen molar-refractivity contribution in [3.63, 3.8) is 0 Å². The van der Waals surface area contributed by atoms with Gasteiger partial charge in [0.05, 0.1) is 45.5 Å². The first kappa shape index (κ1) is 22.9. The van der Waals surface area contributed by atoms with E-state index in [0.29, 0.717) is 26.7 Å². The number of nitro benzene ring substituents is 1. The molecular formula is C23H19N3O7S. The molecule has 2 aromatic heterocycles. The first-order valence-corrected chi connectivity index (χ1v) is 10.9. The van der Waals surface area contributed by atoms with Gasteiger partial charge < -0.3 is 13.9 Å². The molecule has 11 heteroatoms. The number of methoxy groups -OCH3 is 1. The number of esters is 1. The number of hydrogen-bond acceptors (Lipinski definition) is 9. The molecule has 0 aliphatic carbocycles. The van der Waals surface area contributed by atoms with Crippen molar-refractivity contribution in [2.24, 2.45) is 0 Å². The third kappa shape index (κ3) is 4.74. The fourth-order valence-corrected chi connectivity index (χ4v) is 4.05. The number of fused-ring (bicyclic) bond motifs is 1. The zero-order chi connectivity index (χ0) is 24.4. The van der Waals surface area contributed by atoms with Gasteiger partial charge in [0.25, 0.3) is 11.6 Å². The molecule has 0 saturated heterocycles. The van der Waals surface area contributed by atoms with Gasteiger partial charge >= 0.3 is 5.97 Å². The fraction of sp³-hybridized carbons (Fsp3) is 0.174. The Balaban J connectivity index is 1.54. The molecule has 1 N–H and O–H groups in total. The Morgan fingerprint density at radius 2 is 1.94 bits per heavy atom. The number of nitrogens with one attached hydrogen (secondary N) is 1. The SMILES string of the molecule is COc1ccc(-c2ccc(C(=O)Nc3nc4ccc(C(=O)OC(C)C)cc4s3)o2)c([N+](=O)[O-])c1. The smallest absolute Gasteiger partial charge is 0.338 e. The number of nitrogens with zero attached hydrogens (tertiary/aromatic N) is 2. The number of aromatic nitrogens is 1. The molecule has 0 atom stereocenters. The molecule has 0 fully saturated rings. The quantitative estimate of drug-likeness (QED) is 0.214. The first-order chi connectivity index (χ1) is 16.2. The van der Waals surface area contributed by atoms with Crippen LogP contribution >= 0.6 is 11.3 Å². The van der Waals surface area contributed by atoms with E-state index in [0.717, 1.165) is 0 Å². The Labute approximate surface area is 197 Å². The molecule has 0 radical (unpaired) electrons. The normalized spacial score (nSPS) is 10.9. The highest BCUT2D eigenvalue weighted by Crippen LogP contribution is 2.34. The molecule has 2 heterocycles. The summed E-state index contributed by atoms with van der Waals surface area (Å²) < 4.78 is 16.5. The number of hydrogen-bond donors (Lipinski definition) is 1. The van der Waals surface area contributed by atoms with Crippen molar-refractivity contribution in [3.8, 4) is 17.1 Å². The van der Waals surface area contributed by atoms with Gasteiger partial charge in [0.1, 0.15) is 11.5 Å². The minimum absolute atomic E-state index is 0.0411. The lowest BCUT2D eigenvalue weighted by atomic mass is 10.1. The average Bonchev–Trinajstić information content (AvgIpc) is 3.44. The van der Waals surface area contributed by atoms with Crippen molar-refractivity contribution in [1.82, 2.24) is 4.98 Å². The molecule has 4 rings (SSSR count). The highest BCUT2D eigenvalue weighted by Gasteiger charge is 2.22. The number of nitro groups is 1. The lowest BCUT2D eigenvalue weighted by Crippen LogP contribution is -2.11. The molecule has 2 aromatic carbocycles. The van der Waals surface area contributed by atoms with Gasteiger partial charge in [0, 0.05) is 0 Å². The van der Waals surface area contributed by atoms with Crippen LogP contribution in [0, 0.1) is 10.1 Å². The van der Waals surface area contributed by atoms with Crippen LogP contribution < -0.4 is 10.1 Å². The molecule has 0 spiro atoms. The van der Waals surface area contributed by atoms with Crippen molar-refractivity contribution in [2.45, 2.75) is 20.0 Å². The Hall–Kier alpha value is -4.25. The summed E-state index contributed by atoms with van der Waals surface area (Å²) in [5, 5.41) is 14.4. The van der Waals surface area contributed by atoms with Crippen LogP contribution in [-0.4, -0.2) is 35.0 Å². The van der Waals surface area contributed by atoms with E-state index in [1.54, 1.807) is 38.1 Å². The number of rotatable bonds is 7. The molecular weight excluding hydrogens is 462 g/mol. The van der Waals surface area contributed by atoms with Gasteiger partial charge in [-0.2, -0.15) is 0 Å². The summed E-state index contributed by atoms with van der Waals surface area (Å²) in [7, 11) is 1.41. The molecule has 0 bridgehead atoms. The molecule has 0 unspecified atom stereocenters. The van der Waals surface area contributed by atoms with Gasteiger partial charge in [-0.05, 0) is 56.3 Å². The molecule has 10 nitrogen and oxygen atoms in total. The average molecular weight is 481 g/mol. The Kier molecular flexibility index (Phi) is 6.28. The van der Waals surface area contributed by atoms with E-state index in [9.17, 15) is 19.7 Å². The summed E-state index contributed by atoms with van der Waals surface area (Å²) in [6.07, 6.45) is -0.239. The molecule has 4 aromatic rings. The second kappa shape index (κ2) is 9.32. The minimum atomic E-state index is -0.569. The standard InChI is InChI=1S/C23H19N3O7S/c1-12(2)32-22(28)13-4-7-16-20(10-13)34-23(24-16)25-21(27)19-9-8-18(33-19)15-6-5-14(31-3)11-17(15)26(29)30/h4-12H,1-3H3,(H,24,25,27). The predicted molar refractivity (Wildman–Crippen MR) is 125 cm³/mol. The van der Waals surface area contributed by atoms with E-state index < -0.39 is 16.8 Å². The summed E-state index contributed by atoms with van der Waals surface area (Å²) in [6.45, 7) is 3.54. The van der Waals surface area contributed by atoms with E-state index in [4.69, 9.17) is 13.9 Å². The Bertz CT molecular complexity index is 1410. The van der Waals surface area contributed by atoms with Crippen molar-refractivity contribution < 1.29 is 28.4 Å². The molecule has 0 saturated carbocycles. The van der Waals surface area contributed by atoms with Crippen LogP contribution in [-0.2, 0) is 4.74 Å². The topological polar surface area (TPSA) is 134 Å². The maximum absolute atomic E-state index is 12.7. The second-order valence-corrected chi connectivity index (χ2v) is 8.44. The van der Waals surface area contributed by atoms with E-state index in [-0.39, 0.29) is 28.9 Å². The van der Waals surface area contributed by atoms with Crippen molar-refractivity contribution in [3.05, 3.63) is 70.0 Å². The predicted octanol–water partition coefficient (Wildman–Crippen LogP) is 5.29. The summed E-state index contributed by atoms with van der Waals surface area (Å²) in [4.78, 5) is 40.0. The van der Waals surface area contributed by atoms with Gasteiger partial charge in [0.15, 0.2) is 10.9 Å². The highest BCUT2D eigenvalue weighted by atomic mass is 32.1.